The summed E-state index contributed by atoms with van der Waals surface area (Å²) in [5.74, 6) is -0.178. The van der Waals surface area contributed by atoms with Crippen LogP contribution < -0.4 is 11.1 Å². The zero-order valence-electron chi connectivity index (χ0n) is 8.85. The maximum Gasteiger partial charge on any atom is 0.153 e. The molecule has 0 fully saturated rings. The number of hydrogen-bond acceptors (Lipinski definition) is 3. The van der Waals surface area contributed by atoms with E-state index in [1.54, 1.807) is 0 Å². The monoisotopic (exact) mass is 305 g/mol. The van der Waals surface area contributed by atoms with E-state index in [-0.39, 0.29) is 10.0 Å². The van der Waals surface area contributed by atoms with Gasteiger partial charge in [0.25, 0.3) is 0 Å². The average Bonchev–Trinajstić information content (AvgIpc) is 2.25. The van der Waals surface area contributed by atoms with Gasteiger partial charge in [0.05, 0.1) is 26.4 Å². The molecule has 1 heterocycles. The Morgan fingerprint density at radius 3 is 2.28 bits per heavy atom. The first-order valence-electron chi connectivity index (χ1n) is 4.80. The van der Waals surface area contributed by atoms with Crippen LogP contribution in [0.4, 0.5) is 21.6 Å². The molecule has 0 amide bonds. The minimum absolute atomic E-state index is 0.135. The highest BCUT2D eigenvalue weighted by atomic mass is 35.5. The fourth-order valence-electron chi connectivity index (χ4n) is 1.34. The summed E-state index contributed by atoms with van der Waals surface area (Å²) < 4.78 is 13.0. The summed E-state index contributed by atoms with van der Waals surface area (Å²) in [7, 11) is 0. The van der Waals surface area contributed by atoms with Crippen LogP contribution in [0.3, 0.4) is 0 Å². The second-order valence-corrected chi connectivity index (χ2v) is 4.71. The molecule has 0 bridgehead atoms. The van der Waals surface area contributed by atoms with E-state index in [1.165, 1.54) is 12.3 Å². The number of nitrogens with one attached hydrogen (secondary N) is 1. The van der Waals surface area contributed by atoms with Gasteiger partial charge in [-0.3, -0.25) is 0 Å². The Balaban J connectivity index is 2.40. The fraction of sp³-hybridized carbons (Fsp3) is 0. The summed E-state index contributed by atoms with van der Waals surface area (Å²) >= 11 is 17.5. The quantitative estimate of drug-likeness (QED) is 0.858. The van der Waals surface area contributed by atoms with Crippen molar-refractivity contribution >= 4 is 52.0 Å². The number of nitrogens with zero attached hydrogens (tertiary/aromatic N) is 1. The predicted molar refractivity (Wildman–Crippen MR) is 73.4 cm³/mol. The normalized spacial score (nSPS) is 10.4. The SMILES string of the molecule is Nc1cc(Cl)cnc1Nc1c(Cl)cc(F)cc1Cl. The minimum atomic E-state index is -0.521. The molecule has 2 aromatic rings. The van der Waals surface area contributed by atoms with E-state index < -0.39 is 5.82 Å². The van der Waals surface area contributed by atoms with E-state index >= 15 is 0 Å². The molecule has 94 valence electrons. The van der Waals surface area contributed by atoms with Gasteiger partial charge >= 0.3 is 0 Å². The number of pyridine rings is 1. The Bertz CT molecular complexity index is 581. The smallest absolute Gasteiger partial charge is 0.153 e. The van der Waals surface area contributed by atoms with Crippen LogP contribution in [0.25, 0.3) is 0 Å². The van der Waals surface area contributed by atoms with Crippen LogP contribution in [0.2, 0.25) is 15.1 Å². The number of rotatable bonds is 2. The molecule has 0 unspecified atom stereocenters. The van der Waals surface area contributed by atoms with E-state index in [1.807, 2.05) is 0 Å². The third-order valence-electron chi connectivity index (χ3n) is 2.13. The molecule has 1 aromatic heterocycles. The van der Waals surface area contributed by atoms with Crippen molar-refractivity contribution in [3.8, 4) is 0 Å². The maximum absolute atomic E-state index is 13.0. The van der Waals surface area contributed by atoms with E-state index in [4.69, 9.17) is 40.5 Å². The molecular formula is C11H7Cl3FN3. The van der Waals surface area contributed by atoms with E-state index in [2.05, 4.69) is 10.3 Å². The van der Waals surface area contributed by atoms with Crippen molar-refractivity contribution in [2.24, 2.45) is 0 Å². The Morgan fingerprint density at radius 2 is 1.72 bits per heavy atom. The molecule has 0 spiro atoms. The third kappa shape index (κ3) is 2.77. The molecule has 3 N–H and O–H groups in total. The molecule has 2 rings (SSSR count). The lowest BCUT2D eigenvalue weighted by molar-refractivity contribution is 0.628. The molecule has 0 aliphatic carbocycles. The van der Waals surface area contributed by atoms with Crippen LogP contribution in [0, 0.1) is 5.82 Å². The number of aromatic nitrogens is 1. The van der Waals surface area contributed by atoms with Gasteiger partial charge < -0.3 is 11.1 Å². The Morgan fingerprint density at radius 1 is 1.11 bits per heavy atom. The molecule has 1 aromatic carbocycles. The molecule has 0 radical (unpaired) electrons. The molecule has 18 heavy (non-hydrogen) atoms. The molecule has 0 aliphatic rings. The van der Waals surface area contributed by atoms with Crippen LogP contribution in [0.15, 0.2) is 24.4 Å². The third-order valence-corrected chi connectivity index (χ3v) is 2.94. The van der Waals surface area contributed by atoms with Gasteiger partial charge in [-0.05, 0) is 18.2 Å². The van der Waals surface area contributed by atoms with Crippen LogP contribution in [-0.2, 0) is 0 Å². The van der Waals surface area contributed by atoms with Crippen LogP contribution in [0.1, 0.15) is 0 Å². The summed E-state index contributed by atoms with van der Waals surface area (Å²) in [4.78, 5) is 4.00. The van der Waals surface area contributed by atoms with Gasteiger partial charge in [-0.25, -0.2) is 9.37 Å². The van der Waals surface area contributed by atoms with Crippen LogP contribution in [0.5, 0.6) is 0 Å². The zero-order valence-corrected chi connectivity index (χ0v) is 11.1. The fourth-order valence-corrected chi connectivity index (χ4v) is 2.06. The predicted octanol–water partition coefficient (Wildman–Crippen LogP) is 4.51. The van der Waals surface area contributed by atoms with Gasteiger partial charge in [0.2, 0.25) is 0 Å². The zero-order chi connectivity index (χ0) is 13.3. The molecule has 7 heteroatoms. The van der Waals surface area contributed by atoms with E-state index in [9.17, 15) is 4.39 Å². The largest absolute Gasteiger partial charge is 0.396 e. The van der Waals surface area contributed by atoms with Crippen LogP contribution in [-0.4, -0.2) is 4.98 Å². The number of hydrogen-bond donors (Lipinski definition) is 2. The lowest BCUT2D eigenvalue weighted by Gasteiger charge is -2.11. The summed E-state index contributed by atoms with van der Waals surface area (Å²) in [5.41, 5.74) is 6.40. The number of benzene rings is 1. The van der Waals surface area contributed by atoms with Crippen molar-refractivity contribution in [3.63, 3.8) is 0 Å². The number of anilines is 3. The standard InChI is InChI=1S/C11H7Cl3FN3/c12-5-1-9(16)11(17-4-5)18-10-7(13)2-6(15)3-8(10)14/h1-4H,16H2,(H,17,18). The Hall–Kier alpha value is -1.23. The second kappa shape index (κ2) is 5.18. The summed E-state index contributed by atoms with van der Waals surface area (Å²) in [6.45, 7) is 0. The van der Waals surface area contributed by atoms with Crippen molar-refractivity contribution in [3.05, 3.63) is 45.3 Å². The lowest BCUT2D eigenvalue weighted by Crippen LogP contribution is -2.00. The van der Waals surface area contributed by atoms with Gasteiger partial charge in [0.1, 0.15) is 5.82 Å². The van der Waals surface area contributed by atoms with Crippen LogP contribution >= 0.6 is 34.8 Å². The molecule has 0 saturated carbocycles. The number of nitrogen functional groups attached to an aromatic ring is 1. The van der Waals surface area contributed by atoms with Gasteiger partial charge in [-0.2, -0.15) is 0 Å². The Kier molecular flexibility index (Phi) is 3.80. The van der Waals surface area contributed by atoms with E-state index in [0.717, 1.165) is 12.1 Å². The van der Waals surface area contributed by atoms with Crippen molar-refractivity contribution in [2.75, 3.05) is 11.1 Å². The summed E-state index contributed by atoms with van der Waals surface area (Å²) in [6.07, 6.45) is 1.42. The van der Waals surface area contributed by atoms with Crippen molar-refractivity contribution in [1.82, 2.24) is 4.98 Å². The number of nitrogens with two attached hydrogens (primary N) is 1. The van der Waals surface area contributed by atoms with Crippen molar-refractivity contribution < 1.29 is 4.39 Å². The average molecular weight is 307 g/mol. The highest BCUT2D eigenvalue weighted by Gasteiger charge is 2.11. The van der Waals surface area contributed by atoms with Crippen molar-refractivity contribution in [1.29, 1.82) is 0 Å². The molecule has 0 atom stereocenters. The second-order valence-electron chi connectivity index (χ2n) is 3.46. The van der Waals surface area contributed by atoms with Gasteiger partial charge in [-0.15, -0.1) is 0 Å². The first-order chi connectivity index (χ1) is 8.47. The molecule has 3 nitrogen and oxygen atoms in total. The van der Waals surface area contributed by atoms with Gasteiger partial charge in [0, 0.05) is 6.20 Å². The topological polar surface area (TPSA) is 50.9 Å². The summed E-state index contributed by atoms with van der Waals surface area (Å²) in [6, 6.07) is 3.81. The molecule has 0 saturated heterocycles. The first-order valence-corrected chi connectivity index (χ1v) is 5.93. The highest BCUT2D eigenvalue weighted by molar-refractivity contribution is 6.39. The van der Waals surface area contributed by atoms with Gasteiger partial charge in [-0.1, -0.05) is 34.8 Å². The summed E-state index contributed by atoms with van der Waals surface area (Å²) in [5, 5.41) is 3.52. The highest BCUT2D eigenvalue weighted by Crippen LogP contribution is 2.34. The maximum atomic E-state index is 13.0. The molecular weight excluding hydrogens is 299 g/mol. The minimum Gasteiger partial charge on any atom is -0.396 e. The lowest BCUT2D eigenvalue weighted by atomic mass is 10.3. The Labute approximate surface area is 118 Å². The molecule has 0 aliphatic heterocycles. The van der Waals surface area contributed by atoms with E-state index in [0.29, 0.717) is 22.2 Å². The number of halogens is 4. The van der Waals surface area contributed by atoms with Crippen molar-refractivity contribution in [2.45, 2.75) is 0 Å². The van der Waals surface area contributed by atoms with Gasteiger partial charge in [0.15, 0.2) is 5.82 Å². The first kappa shape index (κ1) is 13.2.